The molecule has 2 saturated heterocycles. The highest BCUT2D eigenvalue weighted by Crippen LogP contribution is 2.31. The van der Waals surface area contributed by atoms with Gasteiger partial charge < -0.3 is 24.1 Å². The molecule has 2 rings (SSSR count). The predicted octanol–water partition coefficient (Wildman–Crippen LogP) is -0.311. The lowest BCUT2D eigenvalue weighted by Gasteiger charge is -2.43. The van der Waals surface area contributed by atoms with Gasteiger partial charge in [0.2, 0.25) is 5.91 Å². The van der Waals surface area contributed by atoms with Crippen molar-refractivity contribution in [2.24, 2.45) is 5.11 Å². The number of aliphatic hydroxyl groups is 1. The van der Waals surface area contributed by atoms with Crippen LogP contribution >= 0.6 is 0 Å². The number of ether oxygens (including phenoxy) is 4. The Morgan fingerprint density at radius 2 is 1.83 bits per heavy atom. The minimum absolute atomic E-state index is 0.0143. The standard InChI is InChI=1S/C16H22N4O10/c1-7(21)26-6-10-14(27-8(2)22)15(28-9(3)23)13(18-19-17)16(29-10)30-20-11(24)4-5-12(20)25/h10-11,13-16,24H,4-6H2,1-3H3/t10?,11-,13+,14-,15?,16-/m0/s1. The van der Waals surface area contributed by atoms with E-state index in [1.165, 1.54) is 0 Å². The van der Waals surface area contributed by atoms with Gasteiger partial charge in [0.15, 0.2) is 24.7 Å². The van der Waals surface area contributed by atoms with Crippen LogP contribution in [0.25, 0.3) is 10.4 Å². The highest BCUT2D eigenvalue weighted by atomic mass is 16.8. The molecule has 1 amide bonds. The number of hydrogen-bond acceptors (Lipinski definition) is 11. The Morgan fingerprint density at radius 1 is 1.20 bits per heavy atom. The molecule has 0 aromatic rings. The summed E-state index contributed by atoms with van der Waals surface area (Å²) in [5, 5.41) is 14.1. The Morgan fingerprint density at radius 3 is 2.33 bits per heavy atom. The summed E-state index contributed by atoms with van der Waals surface area (Å²) in [6.45, 7) is 2.89. The van der Waals surface area contributed by atoms with Gasteiger partial charge in [-0.2, -0.15) is 5.06 Å². The topological polar surface area (TPSA) is 187 Å². The minimum Gasteiger partial charge on any atom is -0.463 e. The Balaban J connectivity index is 2.39. The maximum Gasteiger partial charge on any atom is 0.303 e. The molecule has 2 unspecified atom stereocenters. The van der Waals surface area contributed by atoms with E-state index in [9.17, 15) is 24.3 Å². The molecule has 2 aliphatic heterocycles. The third-order valence-electron chi connectivity index (χ3n) is 4.20. The number of carbonyl (C=O) groups excluding carboxylic acids is 4. The van der Waals surface area contributed by atoms with Gasteiger partial charge >= 0.3 is 17.9 Å². The Hall–Kier alpha value is -2.93. The van der Waals surface area contributed by atoms with Gasteiger partial charge in [0.05, 0.1) is 0 Å². The largest absolute Gasteiger partial charge is 0.463 e. The summed E-state index contributed by atoms with van der Waals surface area (Å²) in [4.78, 5) is 54.5. The minimum atomic E-state index is -1.53. The fourth-order valence-corrected chi connectivity index (χ4v) is 3.04. The molecule has 30 heavy (non-hydrogen) atoms. The Bertz CT molecular complexity index is 740. The zero-order valence-corrected chi connectivity index (χ0v) is 16.5. The second kappa shape index (κ2) is 10.2. The van der Waals surface area contributed by atoms with Gasteiger partial charge in [0.25, 0.3) is 0 Å². The first kappa shape index (κ1) is 23.3. The molecule has 14 nitrogen and oxygen atoms in total. The van der Waals surface area contributed by atoms with E-state index in [1.54, 1.807) is 0 Å². The third-order valence-corrected chi connectivity index (χ3v) is 4.20. The highest BCUT2D eigenvalue weighted by molar-refractivity contribution is 5.77. The molecule has 166 valence electrons. The first-order valence-corrected chi connectivity index (χ1v) is 8.98. The van der Waals surface area contributed by atoms with Crippen molar-refractivity contribution < 1.29 is 48.1 Å². The highest BCUT2D eigenvalue weighted by Gasteiger charge is 2.52. The van der Waals surface area contributed by atoms with E-state index >= 15 is 0 Å². The van der Waals surface area contributed by atoms with Crippen molar-refractivity contribution in [3.8, 4) is 0 Å². The van der Waals surface area contributed by atoms with E-state index in [4.69, 9.17) is 29.3 Å². The van der Waals surface area contributed by atoms with Crippen molar-refractivity contribution in [1.29, 1.82) is 0 Å². The predicted molar refractivity (Wildman–Crippen MR) is 92.5 cm³/mol. The lowest BCUT2D eigenvalue weighted by Crippen LogP contribution is -2.62. The van der Waals surface area contributed by atoms with Crippen LogP contribution in [0.15, 0.2) is 5.11 Å². The summed E-state index contributed by atoms with van der Waals surface area (Å²) >= 11 is 0. The van der Waals surface area contributed by atoms with Crippen molar-refractivity contribution in [2.75, 3.05) is 6.61 Å². The quantitative estimate of drug-likeness (QED) is 0.184. The molecule has 0 spiro atoms. The third kappa shape index (κ3) is 5.79. The molecule has 6 atom stereocenters. The van der Waals surface area contributed by atoms with Crippen LogP contribution < -0.4 is 0 Å². The first-order valence-electron chi connectivity index (χ1n) is 8.98. The van der Waals surface area contributed by atoms with Crippen LogP contribution in [0.4, 0.5) is 0 Å². The van der Waals surface area contributed by atoms with E-state index in [-0.39, 0.29) is 12.8 Å². The van der Waals surface area contributed by atoms with Crippen LogP contribution in [0.1, 0.15) is 33.6 Å². The molecule has 1 N–H and O–H groups in total. The van der Waals surface area contributed by atoms with E-state index in [1.807, 2.05) is 0 Å². The number of nitrogens with zero attached hydrogens (tertiary/aromatic N) is 4. The van der Waals surface area contributed by atoms with E-state index in [0.717, 1.165) is 20.8 Å². The molecular weight excluding hydrogens is 408 g/mol. The number of rotatable bonds is 7. The summed E-state index contributed by atoms with van der Waals surface area (Å²) in [5.74, 6) is -2.77. The normalized spacial score (nSPS) is 30.9. The summed E-state index contributed by atoms with van der Waals surface area (Å²) in [6.07, 6.45) is -6.59. The molecule has 0 aliphatic carbocycles. The summed E-state index contributed by atoms with van der Waals surface area (Å²) in [6, 6.07) is -1.41. The van der Waals surface area contributed by atoms with Crippen LogP contribution in [-0.4, -0.2) is 77.5 Å². The number of hydrogen-bond donors (Lipinski definition) is 1. The molecule has 2 fully saturated rings. The van der Waals surface area contributed by atoms with Gasteiger partial charge in [-0.15, -0.1) is 0 Å². The number of carbonyl (C=O) groups is 4. The molecule has 0 bridgehead atoms. The lowest BCUT2D eigenvalue weighted by atomic mass is 9.97. The molecule has 2 aliphatic rings. The smallest absolute Gasteiger partial charge is 0.303 e. The SMILES string of the molecule is CC(=O)OCC1O[C@@H](ON2C(=O)CC[C@@H]2O)[C@H](N=[N+]=[N-])C(OC(C)=O)[C@H]1OC(C)=O. The number of azide groups is 1. The second-order valence-corrected chi connectivity index (χ2v) is 6.53. The molecule has 14 heteroatoms. The fraction of sp³-hybridized carbons (Fsp3) is 0.750. The van der Waals surface area contributed by atoms with E-state index < -0.39 is 67.3 Å². The van der Waals surface area contributed by atoms with Crippen molar-refractivity contribution in [3.05, 3.63) is 10.4 Å². The van der Waals surface area contributed by atoms with Crippen molar-refractivity contribution >= 4 is 23.8 Å². The number of hydroxylamine groups is 2. The zero-order chi connectivity index (χ0) is 22.4. The lowest BCUT2D eigenvalue weighted by molar-refractivity contribution is -0.345. The van der Waals surface area contributed by atoms with Gasteiger partial charge in [-0.25, -0.2) is 4.84 Å². The number of aliphatic hydroxyl groups excluding tert-OH is 1. The Kier molecular flexibility index (Phi) is 7.94. The molecular formula is C16H22N4O10. The van der Waals surface area contributed by atoms with Crippen LogP contribution in [-0.2, 0) is 43.0 Å². The number of esters is 3. The fourth-order valence-electron chi connectivity index (χ4n) is 3.04. The van der Waals surface area contributed by atoms with Gasteiger partial charge in [-0.1, -0.05) is 5.11 Å². The van der Waals surface area contributed by atoms with Crippen LogP contribution in [0.3, 0.4) is 0 Å². The zero-order valence-electron chi connectivity index (χ0n) is 16.5. The number of amides is 1. The van der Waals surface area contributed by atoms with Crippen molar-refractivity contribution in [3.63, 3.8) is 0 Å². The van der Waals surface area contributed by atoms with E-state index in [2.05, 4.69) is 10.0 Å². The van der Waals surface area contributed by atoms with Gasteiger partial charge in [-0.3, -0.25) is 19.2 Å². The monoisotopic (exact) mass is 430 g/mol. The molecule has 0 saturated carbocycles. The summed E-state index contributed by atoms with van der Waals surface area (Å²) < 4.78 is 21.0. The molecule has 0 aromatic carbocycles. The maximum atomic E-state index is 11.9. The average molecular weight is 430 g/mol. The Labute approximate surface area is 170 Å². The maximum absolute atomic E-state index is 11.9. The van der Waals surface area contributed by atoms with Crippen molar-refractivity contribution in [1.82, 2.24) is 5.06 Å². The average Bonchev–Trinajstić information content (AvgIpc) is 2.96. The van der Waals surface area contributed by atoms with Gasteiger partial charge in [0, 0.05) is 38.5 Å². The van der Waals surface area contributed by atoms with Crippen LogP contribution in [0.5, 0.6) is 0 Å². The van der Waals surface area contributed by atoms with Crippen molar-refractivity contribution in [2.45, 2.75) is 70.5 Å². The van der Waals surface area contributed by atoms with Crippen LogP contribution in [0.2, 0.25) is 0 Å². The van der Waals surface area contributed by atoms with Gasteiger partial charge in [-0.05, 0) is 5.53 Å². The molecule has 2 heterocycles. The van der Waals surface area contributed by atoms with E-state index in [0.29, 0.717) is 5.06 Å². The van der Waals surface area contributed by atoms with Gasteiger partial charge in [0.1, 0.15) is 18.8 Å². The second-order valence-electron chi connectivity index (χ2n) is 6.53. The molecule has 0 radical (unpaired) electrons. The summed E-state index contributed by atoms with van der Waals surface area (Å²) in [7, 11) is 0. The first-order chi connectivity index (χ1) is 14.1. The summed E-state index contributed by atoms with van der Waals surface area (Å²) in [5.41, 5.74) is 8.96. The molecule has 0 aromatic heterocycles. The van der Waals surface area contributed by atoms with Crippen LogP contribution in [0, 0.1) is 0 Å².